The highest BCUT2D eigenvalue weighted by Crippen LogP contribution is 2.14. The third-order valence-electron chi connectivity index (χ3n) is 2.66. The van der Waals surface area contributed by atoms with E-state index in [0.717, 1.165) is 5.56 Å². The first-order valence-electron chi connectivity index (χ1n) is 5.83. The fraction of sp³-hybridized carbons (Fsp3) is 0. The number of amides is 1. The first-order valence-corrected chi connectivity index (χ1v) is 5.83. The van der Waals surface area contributed by atoms with E-state index in [1.54, 1.807) is 6.07 Å². The van der Waals surface area contributed by atoms with Crippen molar-refractivity contribution in [3.05, 3.63) is 70.8 Å². The fourth-order valence-corrected chi connectivity index (χ4v) is 1.76. The summed E-state index contributed by atoms with van der Waals surface area (Å²) in [6.07, 6.45) is 0. The molecule has 0 saturated carbocycles. The molecule has 0 fully saturated rings. The van der Waals surface area contributed by atoms with Crippen molar-refractivity contribution in [2.75, 3.05) is 0 Å². The minimum atomic E-state index is -1.21. The Bertz CT molecular complexity index is 724. The monoisotopic (exact) mass is 265 g/mol. The van der Waals surface area contributed by atoms with Crippen LogP contribution in [0.15, 0.2) is 48.5 Å². The van der Waals surface area contributed by atoms with Gasteiger partial charge in [0, 0.05) is 11.1 Å². The van der Waals surface area contributed by atoms with Crippen molar-refractivity contribution in [3.63, 3.8) is 0 Å². The second kappa shape index (κ2) is 5.72. The van der Waals surface area contributed by atoms with Crippen LogP contribution in [0.2, 0.25) is 0 Å². The fourth-order valence-electron chi connectivity index (χ4n) is 1.76. The molecule has 0 aliphatic carbocycles. The molecule has 0 aliphatic heterocycles. The summed E-state index contributed by atoms with van der Waals surface area (Å²) < 4.78 is 0. The van der Waals surface area contributed by atoms with E-state index in [1.165, 1.54) is 12.1 Å². The number of hydrogen-bond donors (Lipinski definition) is 2. The van der Waals surface area contributed by atoms with Crippen LogP contribution in [0.4, 0.5) is 0 Å². The van der Waals surface area contributed by atoms with Crippen LogP contribution < -0.4 is 5.73 Å². The van der Waals surface area contributed by atoms with E-state index in [9.17, 15) is 9.59 Å². The van der Waals surface area contributed by atoms with Gasteiger partial charge >= 0.3 is 5.97 Å². The minimum Gasteiger partial charge on any atom is -0.478 e. The van der Waals surface area contributed by atoms with Crippen LogP contribution in [0.5, 0.6) is 0 Å². The third kappa shape index (κ3) is 2.85. The van der Waals surface area contributed by atoms with Crippen molar-refractivity contribution in [1.29, 1.82) is 0 Å². The van der Waals surface area contributed by atoms with Gasteiger partial charge in [-0.3, -0.25) is 4.79 Å². The van der Waals surface area contributed by atoms with Gasteiger partial charge in [-0.1, -0.05) is 36.1 Å². The lowest BCUT2D eigenvalue weighted by Crippen LogP contribution is -2.18. The van der Waals surface area contributed by atoms with Crippen LogP contribution in [-0.2, 0) is 0 Å². The van der Waals surface area contributed by atoms with E-state index in [1.807, 2.05) is 30.3 Å². The van der Waals surface area contributed by atoms with Gasteiger partial charge in [-0.25, -0.2) is 4.79 Å². The van der Waals surface area contributed by atoms with Crippen LogP contribution >= 0.6 is 0 Å². The van der Waals surface area contributed by atoms with Gasteiger partial charge in [0.2, 0.25) is 0 Å². The standard InChI is InChI=1S/C16H11NO3/c17-15(18)14-12(7-4-8-13(14)16(19)20)10-9-11-5-2-1-3-6-11/h1-8H,(H2,17,18)(H,19,20). The highest BCUT2D eigenvalue weighted by molar-refractivity contribution is 6.05. The summed E-state index contributed by atoms with van der Waals surface area (Å²) >= 11 is 0. The molecule has 0 aromatic heterocycles. The topological polar surface area (TPSA) is 80.4 Å². The molecular formula is C16H11NO3. The predicted molar refractivity (Wildman–Crippen MR) is 74.3 cm³/mol. The number of aromatic carboxylic acids is 1. The Morgan fingerprint density at radius 2 is 1.65 bits per heavy atom. The average molecular weight is 265 g/mol. The summed E-state index contributed by atoms with van der Waals surface area (Å²) in [5, 5.41) is 9.07. The highest BCUT2D eigenvalue weighted by Gasteiger charge is 2.17. The molecule has 3 N–H and O–H groups in total. The average Bonchev–Trinajstić information content (AvgIpc) is 2.45. The molecule has 0 atom stereocenters. The van der Waals surface area contributed by atoms with E-state index >= 15 is 0 Å². The molecule has 0 unspecified atom stereocenters. The molecule has 20 heavy (non-hydrogen) atoms. The van der Waals surface area contributed by atoms with E-state index in [2.05, 4.69) is 11.8 Å². The van der Waals surface area contributed by atoms with Crippen molar-refractivity contribution in [3.8, 4) is 11.8 Å². The van der Waals surface area contributed by atoms with Gasteiger partial charge in [-0.05, 0) is 24.3 Å². The number of carboxylic acids is 1. The van der Waals surface area contributed by atoms with Crippen LogP contribution in [0.25, 0.3) is 0 Å². The molecule has 4 nitrogen and oxygen atoms in total. The zero-order chi connectivity index (χ0) is 14.5. The van der Waals surface area contributed by atoms with Crippen molar-refractivity contribution >= 4 is 11.9 Å². The smallest absolute Gasteiger partial charge is 0.336 e. The maximum absolute atomic E-state index is 11.4. The van der Waals surface area contributed by atoms with Gasteiger partial charge in [-0.2, -0.15) is 0 Å². The quantitative estimate of drug-likeness (QED) is 0.813. The SMILES string of the molecule is NC(=O)c1c(C#Cc2ccccc2)cccc1C(=O)O. The van der Waals surface area contributed by atoms with Gasteiger partial charge in [0.15, 0.2) is 0 Å². The van der Waals surface area contributed by atoms with Gasteiger partial charge in [0.1, 0.15) is 0 Å². The first kappa shape index (κ1) is 13.4. The summed E-state index contributed by atoms with van der Waals surface area (Å²) in [6.45, 7) is 0. The normalized spacial score (nSPS) is 9.40. The molecule has 2 aromatic carbocycles. The van der Waals surface area contributed by atoms with Crippen molar-refractivity contribution < 1.29 is 14.7 Å². The summed E-state index contributed by atoms with van der Waals surface area (Å²) in [5.74, 6) is 3.65. The predicted octanol–water partition coefficient (Wildman–Crippen LogP) is 1.88. The number of carboxylic acid groups (broad SMARTS) is 1. The maximum Gasteiger partial charge on any atom is 0.336 e. The molecule has 1 amide bonds. The Morgan fingerprint density at radius 3 is 2.25 bits per heavy atom. The molecule has 0 spiro atoms. The van der Waals surface area contributed by atoms with Crippen molar-refractivity contribution in [2.24, 2.45) is 5.73 Å². The minimum absolute atomic E-state index is 0.0663. The molecule has 0 aliphatic rings. The molecule has 2 aromatic rings. The molecule has 0 bridgehead atoms. The summed E-state index contributed by atoms with van der Waals surface area (Å²) in [4.78, 5) is 22.5. The largest absolute Gasteiger partial charge is 0.478 e. The van der Waals surface area contributed by atoms with Crippen LogP contribution in [0, 0.1) is 11.8 Å². The Kier molecular flexibility index (Phi) is 3.82. The molecular weight excluding hydrogens is 254 g/mol. The molecule has 2 rings (SSSR count). The van der Waals surface area contributed by atoms with E-state index in [-0.39, 0.29) is 11.1 Å². The number of hydrogen-bond acceptors (Lipinski definition) is 2. The van der Waals surface area contributed by atoms with Gasteiger partial charge in [-0.15, -0.1) is 0 Å². The number of carbonyl (C=O) groups excluding carboxylic acids is 1. The Morgan fingerprint density at radius 1 is 0.950 bits per heavy atom. The summed E-state index contributed by atoms with van der Waals surface area (Å²) in [7, 11) is 0. The van der Waals surface area contributed by atoms with E-state index in [0.29, 0.717) is 5.56 Å². The third-order valence-corrected chi connectivity index (χ3v) is 2.66. The molecule has 0 radical (unpaired) electrons. The first-order chi connectivity index (χ1) is 9.59. The zero-order valence-electron chi connectivity index (χ0n) is 10.5. The molecule has 98 valence electrons. The van der Waals surface area contributed by atoms with Gasteiger partial charge < -0.3 is 10.8 Å². The van der Waals surface area contributed by atoms with Crippen molar-refractivity contribution in [1.82, 2.24) is 0 Å². The molecule has 4 heteroatoms. The van der Waals surface area contributed by atoms with Gasteiger partial charge in [0.25, 0.3) is 5.91 Å². The van der Waals surface area contributed by atoms with Crippen LogP contribution in [-0.4, -0.2) is 17.0 Å². The zero-order valence-corrected chi connectivity index (χ0v) is 10.5. The van der Waals surface area contributed by atoms with Gasteiger partial charge in [0.05, 0.1) is 11.1 Å². The lowest BCUT2D eigenvalue weighted by molar-refractivity contribution is 0.0692. The molecule has 0 saturated heterocycles. The maximum atomic E-state index is 11.4. The highest BCUT2D eigenvalue weighted by atomic mass is 16.4. The summed E-state index contributed by atoms with van der Waals surface area (Å²) in [6, 6.07) is 13.6. The lowest BCUT2D eigenvalue weighted by Gasteiger charge is -2.04. The second-order valence-electron chi connectivity index (χ2n) is 4.01. The number of nitrogens with two attached hydrogens (primary N) is 1. The van der Waals surface area contributed by atoms with Crippen LogP contribution in [0.1, 0.15) is 31.8 Å². The number of benzene rings is 2. The van der Waals surface area contributed by atoms with E-state index < -0.39 is 11.9 Å². The number of rotatable bonds is 2. The second-order valence-corrected chi connectivity index (χ2v) is 4.01. The Hall–Kier alpha value is -3.06. The lowest BCUT2D eigenvalue weighted by atomic mass is 10.0. The number of primary amides is 1. The molecule has 0 heterocycles. The number of carbonyl (C=O) groups is 2. The summed E-state index contributed by atoms with van der Waals surface area (Å²) in [5.41, 5.74) is 6.12. The Balaban J connectivity index is 2.53. The Labute approximate surface area is 115 Å². The van der Waals surface area contributed by atoms with E-state index in [4.69, 9.17) is 10.8 Å². The van der Waals surface area contributed by atoms with Crippen LogP contribution in [0.3, 0.4) is 0 Å². The van der Waals surface area contributed by atoms with Crippen molar-refractivity contribution in [2.45, 2.75) is 0 Å².